The minimum Gasteiger partial charge on any atom is -0.496 e. The van der Waals surface area contributed by atoms with Gasteiger partial charge < -0.3 is 26.5 Å². The minimum atomic E-state index is -0.639. The third-order valence-corrected chi connectivity index (χ3v) is 8.05. The number of methoxy groups -OCH3 is 1. The number of aliphatic imine (C=N–C) groups is 1. The molecule has 2 atom stereocenters. The van der Waals surface area contributed by atoms with E-state index in [4.69, 9.17) is 27.8 Å². The number of nitrogens with zero attached hydrogens (tertiary/aromatic N) is 3. The molecule has 0 radical (unpaired) electrons. The molecule has 0 aliphatic heterocycles. The molecule has 9 nitrogen and oxygen atoms in total. The highest BCUT2D eigenvalue weighted by Gasteiger charge is 2.22. The van der Waals surface area contributed by atoms with Crippen LogP contribution in [0.2, 0.25) is 5.02 Å². The molecule has 246 valence electrons. The fourth-order valence-corrected chi connectivity index (χ4v) is 5.68. The summed E-state index contributed by atoms with van der Waals surface area (Å²) in [6.07, 6.45) is 7.63. The summed E-state index contributed by atoms with van der Waals surface area (Å²) in [5.74, 6) is -0.272. The maximum absolute atomic E-state index is 15.8. The van der Waals surface area contributed by atoms with Gasteiger partial charge in [-0.25, -0.2) is 13.6 Å². The number of amidine groups is 1. The predicted octanol–water partition coefficient (Wildman–Crippen LogP) is 6.36. The maximum atomic E-state index is 15.8. The molecule has 0 saturated heterocycles. The van der Waals surface area contributed by atoms with E-state index < -0.39 is 17.3 Å². The molecule has 4 rings (SSSR count). The Morgan fingerprint density at radius 3 is 2.72 bits per heavy atom. The maximum Gasteiger partial charge on any atom is 0.354 e. The van der Waals surface area contributed by atoms with Gasteiger partial charge in [0.25, 0.3) is 0 Å². The van der Waals surface area contributed by atoms with Crippen LogP contribution >= 0.6 is 11.6 Å². The minimum absolute atomic E-state index is 0.00981. The summed E-state index contributed by atoms with van der Waals surface area (Å²) in [5.41, 5.74) is 13.3. The monoisotopic (exact) mass is 653 g/mol. The number of H-pyrrole nitrogens is 1. The second kappa shape index (κ2) is 16.0. The Balaban J connectivity index is 1.66. The van der Waals surface area contributed by atoms with E-state index in [0.29, 0.717) is 54.2 Å². The van der Waals surface area contributed by atoms with Crippen molar-refractivity contribution in [3.63, 3.8) is 0 Å². The first-order valence-electron chi connectivity index (χ1n) is 15.4. The summed E-state index contributed by atoms with van der Waals surface area (Å²) >= 11 is 6.26. The first-order valence-corrected chi connectivity index (χ1v) is 15.8. The average molecular weight is 654 g/mol. The number of halogens is 3. The van der Waals surface area contributed by atoms with Gasteiger partial charge in [0.2, 0.25) is 0 Å². The Kier molecular flexibility index (Phi) is 12.1. The number of aryl methyl sites for hydroxylation is 1. The highest BCUT2D eigenvalue weighted by atomic mass is 35.5. The highest BCUT2D eigenvalue weighted by Crippen LogP contribution is 2.34. The number of aromatic nitrogens is 3. The fourth-order valence-electron chi connectivity index (χ4n) is 5.44. The van der Waals surface area contributed by atoms with Crippen LogP contribution in [0.25, 0.3) is 28.0 Å². The molecule has 0 saturated carbocycles. The number of nitrogens with two attached hydrogens (primary N) is 2. The molecule has 0 bridgehead atoms. The van der Waals surface area contributed by atoms with E-state index in [1.807, 2.05) is 6.92 Å². The van der Waals surface area contributed by atoms with Crippen LogP contribution in [0.4, 0.5) is 8.78 Å². The third kappa shape index (κ3) is 8.39. The van der Waals surface area contributed by atoms with Gasteiger partial charge in [0.1, 0.15) is 17.2 Å². The van der Waals surface area contributed by atoms with Gasteiger partial charge in [0.05, 0.1) is 29.3 Å². The fraction of sp³-hybridized carbons (Fsp3) is 0.382. The number of aromatic amines is 1. The van der Waals surface area contributed by atoms with E-state index in [0.717, 1.165) is 31.2 Å². The number of nitrogens with one attached hydrogen (secondary N) is 2. The molecule has 2 heterocycles. The summed E-state index contributed by atoms with van der Waals surface area (Å²) in [4.78, 5) is 24.6. The molecule has 6 N–H and O–H groups in total. The largest absolute Gasteiger partial charge is 0.496 e. The molecular formula is C34H42ClF2N7O2. The van der Waals surface area contributed by atoms with Crippen molar-refractivity contribution in [3.05, 3.63) is 87.5 Å². The molecule has 0 aliphatic carbocycles. The molecule has 2 unspecified atom stereocenters. The lowest BCUT2D eigenvalue weighted by molar-refractivity contribution is 0.383. The quantitative estimate of drug-likeness (QED) is 0.0481. The number of hydrogen-bond donors (Lipinski definition) is 4. The third-order valence-electron chi connectivity index (χ3n) is 7.78. The van der Waals surface area contributed by atoms with Crippen molar-refractivity contribution < 1.29 is 13.5 Å². The number of fused-ring (bicyclic) bond motifs is 1. The van der Waals surface area contributed by atoms with Crippen LogP contribution in [0, 0.1) is 11.6 Å². The summed E-state index contributed by atoms with van der Waals surface area (Å²) in [5, 5.41) is 3.92. The van der Waals surface area contributed by atoms with Gasteiger partial charge in [-0.2, -0.15) is 4.98 Å². The second-order valence-electron chi connectivity index (χ2n) is 11.3. The van der Waals surface area contributed by atoms with Gasteiger partial charge in [-0.3, -0.25) is 9.56 Å². The zero-order valence-electron chi connectivity index (χ0n) is 26.5. The van der Waals surface area contributed by atoms with E-state index in [-0.39, 0.29) is 34.0 Å². The van der Waals surface area contributed by atoms with Crippen molar-refractivity contribution >= 4 is 28.5 Å². The summed E-state index contributed by atoms with van der Waals surface area (Å²) in [7, 11) is 1.47. The zero-order valence-corrected chi connectivity index (χ0v) is 27.3. The normalized spacial score (nSPS) is 13.2. The molecule has 4 aromatic rings. The van der Waals surface area contributed by atoms with Crippen LogP contribution in [0.5, 0.6) is 5.75 Å². The smallest absolute Gasteiger partial charge is 0.354 e. The van der Waals surface area contributed by atoms with Crippen molar-refractivity contribution in [1.82, 2.24) is 19.9 Å². The Bertz CT molecular complexity index is 1760. The molecule has 0 amide bonds. The van der Waals surface area contributed by atoms with Crippen LogP contribution in [0.1, 0.15) is 63.1 Å². The Morgan fingerprint density at radius 1 is 1.24 bits per heavy atom. The van der Waals surface area contributed by atoms with Crippen LogP contribution < -0.4 is 27.2 Å². The lowest BCUT2D eigenvalue weighted by atomic mass is 9.99. The summed E-state index contributed by atoms with van der Waals surface area (Å²) in [6, 6.07) is 7.51. The summed E-state index contributed by atoms with van der Waals surface area (Å²) in [6.45, 7) is 8.65. The van der Waals surface area contributed by atoms with E-state index >= 15 is 8.78 Å². The standard InChI is InChI=1S/C34H42ClF2N7O2/c1-5-9-28(41-13-8-12-40-20(3)38)31-27(36)17-24(18-30(31)46-4)44-19-22-16-29(42-33(22)43-34(44)45)25-14-21(15-26(35)32(25)37)10-7-11-23(39)6-2/h6,14-19,23,28,41H,2,5,7-13,39H2,1,3-4H3,(H2,38,40)(H,42,43,45). The number of benzene rings is 2. The van der Waals surface area contributed by atoms with E-state index in [1.165, 1.54) is 17.7 Å². The predicted molar refractivity (Wildman–Crippen MR) is 182 cm³/mol. The number of rotatable bonds is 16. The zero-order chi connectivity index (χ0) is 33.4. The molecule has 0 aliphatic rings. The van der Waals surface area contributed by atoms with Crippen molar-refractivity contribution in [2.24, 2.45) is 16.5 Å². The van der Waals surface area contributed by atoms with E-state index in [9.17, 15) is 4.79 Å². The molecule has 2 aromatic heterocycles. The van der Waals surface area contributed by atoms with Crippen LogP contribution in [0.3, 0.4) is 0 Å². The highest BCUT2D eigenvalue weighted by molar-refractivity contribution is 6.31. The van der Waals surface area contributed by atoms with E-state index in [2.05, 4.69) is 26.9 Å². The lowest BCUT2D eigenvalue weighted by Crippen LogP contribution is -2.25. The van der Waals surface area contributed by atoms with Gasteiger partial charge in [-0.1, -0.05) is 31.0 Å². The Morgan fingerprint density at radius 2 is 2.02 bits per heavy atom. The molecule has 2 aromatic carbocycles. The van der Waals surface area contributed by atoms with Crippen LogP contribution in [-0.4, -0.2) is 46.6 Å². The van der Waals surface area contributed by atoms with Gasteiger partial charge in [-0.05, 0) is 75.4 Å². The van der Waals surface area contributed by atoms with Gasteiger partial charge >= 0.3 is 5.69 Å². The van der Waals surface area contributed by atoms with Crippen molar-refractivity contribution in [2.75, 3.05) is 20.2 Å². The van der Waals surface area contributed by atoms with Crippen LogP contribution in [-0.2, 0) is 6.42 Å². The topological polar surface area (TPSA) is 136 Å². The lowest BCUT2D eigenvalue weighted by Gasteiger charge is -2.22. The molecule has 0 spiro atoms. The first-order chi connectivity index (χ1) is 22.1. The molecular weight excluding hydrogens is 612 g/mol. The Hall–Kier alpha value is -4.06. The molecule has 46 heavy (non-hydrogen) atoms. The number of ether oxygens (including phenoxy) is 1. The first kappa shape index (κ1) is 34.8. The van der Waals surface area contributed by atoms with Crippen molar-refractivity contribution in [1.29, 1.82) is 0 Å². The van der Waals surface area contributed by atoms with Crippen LogP contribution in [0.15, 0.2) is 59.0 Å². The van der Waals surface area contributed by atoms with E-state index in [1.54, 1.807) is 43.5 Å². The molecule has 12 heteroatoms. The molecule has 0 fully saturated rings. The second-order valence-corrected chi connectivity index (χ2v) is 11.7. The van der Waals surface area contributed by atoms with Gasteiger partial charge in [-0.15, -0.1) is 6.58 Å². The number of hydrogen-bond acceptors (Lipinski definition) is 6. The Labute approximate surface area is 272 Å². The van der Waals surface area contributed by atoms with Gasteiger partial charge in [0, 0.05) is 47.4 Å². The van der Waals surface area contributed by atoms with Gasteiger partial charge in [0.15, 0.2) is 5.82 Å². The SMILES string of the molecule is C=CC(N)CCCc1cc(Cl)c(F)c(-c2cc3cn(-c4cc(F)c(C(CCC)NCCCN=C(C)N)c(OC)c4)c(=O)nc3[nH]2)c1. The van der Waals surface area contributed by atoms with Crippen molar-refractivity contribution in [2.45, 2.75) is 64.5 Å². The summed E-state index contributed by atoms with van der Waals surface area (Å²) < 4.78 is 37.9. The average Bonchev–Trinajstić information content (AvgIpc) is 3.43. The van der Waals surface area contributed by atoms with Crippen molar-refractivity contribution in [3.8, 4) is 22.7 Å².